The molecule has 1 fully saturated rings. The van der Waals surface area contributed by atoms with Crippen LogP contribution in [0, 0.1) is 18.6 Å². The van der Waals surface area contributed by atoms with E-state index >= 15 is 0 Å². The van der Waals surface area contributed by atoms with Gasteiger partial charge in [-0.05, 0) is 20.0 Å². The molecule has 1 saturated heterocycles. The fraction of sp³-hybridized carbons (Fsp3) is 0.438. The van der Waals surface area contributed by atoms with Crippen LogP contribution in [0.4, 0.5) is 27.9 Å². The van der Waals surface area contributed by atoms with Crippen molar-refractivity contribution in [3.05, 3.63) is 29.1 Å². The minimum absolute atomic E-state index is 0.0100. The fourth-order valence-electron chi connectivity index (χ4n) is 3.19. The van der Waals surface area contributed by atoms with Crippen molar-refractivity contribution in [2.45, 2.75) is 13.1 Å². The second-order valence-corrected chi connectivity index (χ2v) is 6.54. The maximum absolute atomic E-state index is 14.5. The SMILES string of the molecule is Cc1nc2c3cc(C(F)(F)F)c(F)c(F)c3nc(N3CCN(C)CC3)n2n1. The summed E-state index contributed by atoms with van der Waals surface area (Å²) in [6, 6.07) is 0.540. The average Bonchev–Trinajstić information content (AvgIpc) is 2.98. The molecule has 0 spiro atoms. The Labute approximate surface area is 150 Å². The lowest BCUT2D eigenvalue weighted by Gasteiger charge is -2.33. The number of rotatable bonds is 1. The first-order valence-corrected chi connectivity index (χ1v) is 8.22. The first-order valence-electron chi connectivity index (χ1n) is 8.22. The number of halogens is 5. The molecule has 27 heavy (non-hydrogen) atoms. The molecule has 144 valence electrons. The third-order valence-corrected chi connectivity index (χ3v) is 4.63. The van der Waals surface area contributed by atoms with E-state index in [-0.39, 0.29) is 22.8 Å². The molecule has 0 amide bonds. The van der Waals surface area contributed by atoms with Crippen LogP contribution in [0.2, 0.25) is 0 Å². The highest BCUT2D eigenvalue weighted by Gasteiger charge is 2.37. The number of aryl methyl sites for hydroxylation is 1. The lowest BCUT2D eigenvalue weighted by atomic mass is 10.1. The van der Waals surface area contributed by atoms with Gasteiger partial charge < -0.3 is 9.80 Å². The van der Waals surface area contributed by atoms with Gasteiger partial charge in [0.15, 0.2) is 17.3 Å². The molecule has 3 aromatic rings. The zero-order valence-corrected chi connectivity index (χ0v) is 14.5. The van der Waals surface area contributed by atoms with E-state index in [2.05, 4.69) is 20.0 Å². The molecule has 11 heteroatoms. The molecule has 1 aliphatic rings. The zero-order valence-electron chi connectivity index (χ0n) is 14.5. The minimum atomic E-state index is -5.04. The van der Waals surface area contributed by atoms with Crippen LogP contribution in [0.1, 0.15) is 11.4 Å². The van der Waals surface area contributed by atoms with Crippen LogP contribution < -0.4 is 4.90 Å². The number of hydrogen-bond donors (Lipinski definition) is 0. The normalized spacial score (nSPS) is 16.6. The van der Waals surface area contributed by atoms with E-state index in [9.17, 15) is 22.0 Å². The largest absolute Gasteiger partial charge is 0.419 e. The van der Waals surface area contributed by atoms with Gasteiger partial charge in [0.05, 0.1) is 5.56 Å². The van der Waals surface area contributed by atoms with Crippen LogP contribution in [-0.2, 0) is 6.18 Å². The third kappa shape index (κ3) is 2.85. The third-order valence-electron chi connectivity index (χ3n) is 4.63. The number of likely N-dealkylation sites (N-methyl/N-ethyl adjacent to an activating group) is 1. The lowest BCUT2D eigenvalue weighted by molar-refractivity contribution is -0.140. The molecule has 0 aliphatic carbocycles. The molecule has 2 aromatic heterocycles. The Morgan fingerprint density at radius 2 is 1.67 bits per heavy atom. The van der Waals surface area contributed by atoms with E-state index in [0.29, 0.717) is 19.2 Å². The Hall–Kier alpha value is -2.56. The summed E-state index contributed by atoms with van der Waals surface area (Å²) in [6.07, 6.45) is -5.04. The average molecular weight is 386 g/mol. The molecule has 0 saturated carbocycles. The monoisotopic (exact) mass is 386 g/mol. The first kappa shape index (κ1) is 17.8. The molecule has 0 N–H and O–H groups in total. The van der Waals surface area contributed by atoms with Crippen molar-refractivity contribution in [1.82, 2.24) is 24.5 Å². The Morgan fingerprint density at radius 1 is 1.00 bits per heavy atom. The van der Waals surface area contributed by atoms with Crippen LogP contribution >= 0.6 is 0 Å². The van der Waals surface area contributed by atoms with Crippen LogP contribution in [-0.4, -0.2) is 57.7 Å². The van der Waals surface area contributed by atoms with E-state index in [1.165, 1.54) is 4.52 Å². The smallest absolute Gasteiger partial charge is 0.338 e. The van der Waals surface area contributed by atoms with Gasteiger partial charge in [0.25, 0.3) is 0 Å². The Morgan fingerprint density at radius 3 is 2.30 bits per heavy atom. The van der Waals surface area contributed by atoms with Gasteiger partial charge in [-0.25, -0.2) is 18.7 Å². The van der Waals surface area contributed by atoms with Crippen LogP contribution in [0.25, 0.3) is 16.6 Å². The second-order valence-electron chi connectivity index (χ2n) is 6.54. The summed E-state index contributed by atoms with van der Waals surface area (Å²) in [5.41, 5.74) is -2.17. The topological polar surface area (TPSA) is 49.6 Å². The Bertz CT molecular complexity index is 1040. The Balaban J connectivity index is 2.02. The van der Waals surface area contributed by atoms with Crippen molar-refractivity contribution in [2.24, 2.45) is 0 Å². The molecule has 3 heterocycles. The number of hydrogen-bond acceptors (Lipinski definition) is 5. The maximum atomic E-state index is 14.5. The molecule has 0 atom stereocenters. The van der Waals surface area contributed by atoms with E-state index in [4.69, 9.17) is 0 Å². The summed E-state index contributed by atoms with van der Waals surface area (Å²) in [5.74, 6) is -3.09. The second kappa shape index (κ2) is 5.98. The van der Waals surface area contributed by atoms with E-state index in [1.807, 2.05) is 11.9 Å². The number of piperazine rings is 1. The van der Waals surface area contributed by atoms with Crippen molar-refractivity contribution in [1.29, 1.82) is 0 Å². The van der Waals surface area contributed by atoms with Gasteiger partial charge in [-0.1, -0.05) is 0 Å². The van der Waals surface area contributed by atoms with Gasteiger partial charge in [-0.3, -0.25) is 0 Å². The van der Waals surface area contributed by atoms with Gasteiger partial charge in [0.2, 0.25) is 5.95 Å². The summed E-state index contributed by atoms with van der Waals surface area (Å²) >= 11 is 0. The number of nitrogens with zero attached hydrogens (tertiary/aromatic N) is 6. The van der Waals surface area contributed by atoms with E-state index in [1.54, 1.807) is 6.92 Å². The standard InChI is InChI=1S/C16H15F5N6/c1-8-22-14-9-7-10(16(19,20)21)11(17)12(18)13(9)23-15(27(14)24-8)26-5-3-25(2)4-6-26/h7H,3-6H2,1-2H3. The molecular formula is C16H15F5N6. The minimum Gasteiger partial charge on any atom is -0.338 e. The van der Waals surface area contributed by atoms with Gasteiger partial charge in [0, 0.05) is 31.6 Å². The fourth-order valence-corrected chi connectivity index (χ4v) is 3.19. The molecule has 4 rings (SSSR count). The predicted molar refractivity (Wildman–Crippen MR) is 87.7 cm³/mol. The number of anilines is 1. The van der Waals surface area contributed by atoms with Crippen molar-refractivity contribution < 1.29 is 22.0 Å². The van der Waals surface area contributed by atoms with E-state index in [0.717, 1.165) is 13.1 Å². The van der Waals surface area contributed by atoms with Crippen LogP contribution in [0.3, 0.4) is 0 Å². The van der Waals surface area contributed by atoms with Gasteiger partial charge in [-0.15, -0.1) is 5.10 Å². The highest BCUT2D eigenvalue weighted by molar-refractivity contribution is 5.93. The van der Waals surface area contributed by atoms with Crippen molar-refractivity contribution in [3.63, 3.8) is 0 Å². The summed E-state index contributed by atoms with van der Waals surface area (Å²) in [4.78, 5) is 12.2. The van der Waals surface area contributed by atoms with Crippen LogP contribution in [0.5, 0.6) is 0 Å². The lowest BCUT2D eigenvalue weighted by Crippen LogP contribution is -2.45. The number of alkyl halides is 3. The predicted octanol–water partition coefficient (Wildman–Crippen LogP) is 2.63. The molecule has 1 aliphatic heterocycles. The highest BCUT2D eigenvalue weighted by Crippen LogP contribution is 2.36. The van der Waals surface area contributed by atoms with E-state index < -0.39 is 28.9 Å². The van der Waals surface area contributed by atoms with Crippen LogP contribution in [0.15, 0.2) is 6.07 Å². The molecule has 0 bridgehead atoms. The first-order chi connectivity index (χ1) is 12.7. The van der Waals surface area contributed by atoms with Gasteiger partial charge >= 0.3 is 6.18 Å². The van der Waals surface area contributed by atoms with Gasteiger partial charge in [0.1, 0.15) is 11.3 Å². The highest BCUT2D eigenvalue weighted by atomic mass is 19.4. The maximum Gasteiger partial charge on any atom is 0.419 e. The molecule has 6 nitrogen and oxygen atoms in total. The molecule has 0 radical (unpaired) electrons. The quantitative estimate of drug-likeness (QED) is 0.602. The summed E-state index contributed by atoms with van der Waals surface area (Å²) in [6.45, 7) is 4.14. The summed E-state index contributed by atoms with van der Waals surface area (Å²) in [5, 5.41) is 3.96. The molecule has 1 aromatic carbocycles. The van der Waals surface area contributed by atoms with Crippen molar-refractivity contribution in [3.8, 4) is 0 Å². The molecular weight excluding hydrogens is 371 g/mol. The van der Waals surface area contributed by atoms with Gasteiger partial charge in [-0.2, -0.15) is 17.7 Å². The molecule has 0 unspecified atom stereocenters. The number of aromatic nitrogens is 4. The zero-order chi connectivity index (χ0) is 19.5. The summed E-state index contributed by atoms with van der Waals surface area (Å²) in [7, 11) is 1.95. The van der Waals surface area contributed by atoms with Crippen molar-refractivity contribution in [2.75, 3.05) is 38.1 Å². The van der Waals surface area contributed by atoms with Crippen molar-refractivity contribution >= 4 is 22.5 Å². The number of fused-ring (bicyclic) bond motifs is 3. The summed E-state index contributed by atoms with van der Waals surface area (Å²) < 4.78 is 69.1. The Kier molecular flexibility index (Phi) is 3.95. The number of benzene rings is 1.